The third-order valence-electron chi connectivity index (χ3n) is 1.64. The molecule has 62 valence electrons. The average molecular weight is 172 g/mol. The van der Waals surface area contributed by atoms with Crippen LogP contribution < -0.4 is 11.1 Å². The van der Waals surface area contributed by atoms with Gasteiger partial charge in [-0.05, 0) is 6.42 Å². The summed E-state index contributed by atoms with van der Waals surface area (Å²) in [6, 6.07) is 0. The topological polar surface area (TPSA) is 58.3 Å². The maximum absolute atomic E-state index is 9.23. The summed E-state index contributed by atoms with van der Waals surface area (Å²) in [7, 11) is 0. The van der Waals surface area contributed by atoms with Crippen LogP contribution in [0.4, 0.5) is 0 Å². The summed E-state index contributed by atoms with van der Waals surface area (Å²) >= 11 is 4.78. The third kappa shape index (κ3) is 1.36. The molecule has 0 bridgehead atoms. The molecule has 1 atom stereocenters. The maximum atomic E-state index is 9.23. The molecule has 0 amide bonds. The van der Waals surface area contributed by atoms with Crippen molar-refractivity contribution in [1.82, 2.24) is 5.32 Å². The van der Waals surface area contributed by atoms with Gasteiger partial charge >= 0.3 is 0 Å². The smallest absolute Gasteiger partial charge is 0.133 e. The lowest BCUT2D eigenvalue weighted by atomic mass is 9.97. The van der Waals surface area contributed by atoms with Gasteiger partial charge < -0.3 is 16.2 Å². The Balaban J connectivity index is 2.53. The fourth-order valence-corrected chi connectivity index (χ4v) is 1.16. The predicted octanol–water partition coefficient (Wildman–Crippen LogP) is -0.0993. The fraction of sp³-hybridized carbons (Fsp3) is 0.571. The van der Waals surface area contributed by atoms with Crippen LogP contribution in [0.3, 0.4) is 0 Å². The van der Waals surface area contributed by atoms with Crippen LogP contribution in [0.1, 0.15) is 13.3 Å². The number of thiocarbonyl (C=S) groups is 1. The molecule has 0 aliphatic heterocycles. The number of rotatable bonds is 3. The molecule has 1 aliphatic carbocycles. The van der Waals surface area contributed by atoms with Crippen LogP contribution in [0.25, 0.3) is 0 Å². The van der Waals surface area contributed by atoms with Gasteiger partial charge in [-0.3, -0.25) is 0 Å². The molecule has 0 heterocycles. The number of nitrogens with one attached hydrogen (secondary N) is 1. The minimum atomic E-state index is -0.628. The van der Waals surface area contributed by atoms with Crippen molar-refractivity contribution in [3.8, 4) is 0 Å². The molecule has 4 heteroatoms. The van der Waals surface area contributed by atoms with Gasteiger partial charge in [0.2, 0.25) is 0 Å². The van der Waals surface area contributed by atoms with E-state index in [1.807, 2.05) is 6.92 Å². The molecule has 0 spiro atoms. The van der Waals surface area contributed by atoms with E-state index in [9.17, 15) is 5.11 Å². The van der Waals surface area contributed by atoms with E-state index in [0.29, 0.717) is 16.3 Å². The van der Waals surface area contributed by atoms with Gasteiger partial charge in [0.05, 0.1) is 16.3 Å². The lowest BCUT2D eigenvalue weighted by molar-refractivity contribution is 0.257. The molecular formula is C7H12N2OS. The Labute approximate surface area is 71.3 Å². The predicted molar refractivity (Wildman–Crippen MR) is 48.1 cm³/mol. The van der Waals surface area contributed by atoms with E-state index in [2.05, 4.69) is 5.32 Å². The first-order valence-electron chi connectivity index (χ1n) is 3.64. The van der Waals surface area contributed by atoms with E-state index in [0.717, 1.165) is 13.0 Å². The summed E-state index contributed by atoms with van der Waals surface area (Å²) in [6.45, 7) is 2.88. The molecule has 3 nitrogen and oxygen atoms in total. The summed E-state index contributed by atoms with van der Waals surface area (Å²) in [6.07, 6.45) is 0.382. The molecule has 0 fully saturated rings. The quantitative estimate of drug-likeness (QED) is 0.520. The summed E-state index contributed by atoms with van der Waals surface area (Å²) < 4.78 is 0. The Kier molecular flexibility index (Phi) is 2.46. The second-order valence-electron chi connectivity index (χ2n) is 2.52. The lowest BCUT2D eigenvalue weighted by Gasteiger charge is -2.28. The van der Waals surface area contributed by atoms with Crippen molar-refractivity contribution in [3.05, 3.63) is 11.4 Å². The Morgan fingerprint density at radius 3 is 2.82 bits per heavy atom. The minimum absolute atomic E-state index is 0.462. The molecule has 1 unspecified atom stereocenters. The zero-order valence-corrected chi connectivity index (χ0v) is 7.24. The van der Waals surface area contributed by atoms with E-state index >= 15 is 0 Å². The molecule has 0 radical (unpaired) electrons. The molecule has 11 heavy (non-hydrogen) atoms. The molecule has 4 N–H and O–H groups in total. The first-order chi connectivity index (χ1) is 5.18. The Morgan fingerprint density at radius 2 is 2.36 bits per heavy atom. The Morgan fingerprint density at radius 1 is 1.73 bits per heavy atom. The van der Waals surface area contributed by atoms with E-state index in [-0.39, 0.29) is 0 Å². The Hall–Kier alpha value is -0.610. The van der Waals surface area contributed by atoms with Crippen molar-refractivity contribution in [1.29, 1.82) is 0 Å². The average Bonchev–Trinajstić information content (AvgIpc) is 2.04. The summed E-state index contributed by atoms with van der Waals surface area (Å²) in [5.74, 6) is 0. The van der Waals surface area contributed by atoms with E-state index in [1.165, 1.54) is 0 Å². The summed E-state index contributed by atoms with van der Waals surface area (Å²) in [5, 5.41) is 12.2. The highest BCUT2D eigenvalue weighted by molar-refractivity contribution is 7.81. The van der Waals surface area contributed by atoms with Crippen LogP contribution in [0.5, 0.6) is 0 Å². The number of nitrogens with two attached hydrogens (primary N) is 1. The zero-order chi connectivity index (χ0) is 8.43. The standard InChI is InChI=1S/C7H12N2OS/c1-2-3-9-5-4(8)7(11)6(5)10/h6,9-10H,2-3,8H2,1H3. The van der Waals surface area contributed by atoms with Crippen molar-refractivity contribution in [2.24, 2.45) is 5.73 Å². The second-order valence-corrected chi connectivity index (χ2v) is 2.96. The molecule has 0 saturated carbocycles. The van der Waals surface area contributed by atoms with Crippen LogP contribution in [0.15, 0.2) is 11.4 Å². The van der Waals surface area contributed by atoms with Crippen LogP contribution >= 0.6 is 12.2 Å². The van der Waals surface area contributed by atoms with Gasteiger partial charge in [-0.15, -0.1) is 0 Å². The number of aliphatic hydroxyl groups is 1. The lowest BCUT2D eigenvalue weighted by Crippen LogP contribution is -2.45. The monoisotopic (exact) mass is 172 g/mol. The fourth-order valence-electron chi connectivity index (χ4n) is 0.932. The van der Waals surface area contributed by atoms with Gasteiger partial charge in [-0.1, -0.05) is 19.1 Å². The summed E-state index contributed by atoms with van der Waals surface area (Å²) in [5.41, 5.74) is 6.75. The molecule has 0 aromatic carbocycles. The number of hydrogen-bond acceptors (Lipinski definition) is 4. The van der Waals surface area contributed by atoms with Crippen molar-refractivity contribution in [2.45, 2.75) is 19.4 Å². The highest BCUT2D eigenvalue weighted by Gasteiger charge is 2.31. The molecule has 1 aliphatic rings. The molecule has 1 rings (SSSR count). The van der Waals surface area contributed by atoms with Gasteiger partial charge in [-0.2, -0.15) is 0 Å². The SMILES string of the molecule is CCCNC1=C(N)C(=S)C1O. The highest BCUT2D eigenvalue weighted by Crippen LogP contribution is 2.19. The van der Waals surface area contributed by atoms with Crippen LogP contribution in [0.2, 0.25) is 0 Å². The first kappa shape index (κ1) is 8.49. The van der Waals surface area contributed by atoms with Crippen molar-refractivity contribution in [2.75, 3.05) is 6.54 Å². The molecule has 0 aromatic rings. The van der Waals surface area contributed by atoms with Crippen molar-refractivity contribution in [3.63, 3.8) is 0 Å². The molecule has 0 saturated heterocycles. The largest absolute Gasteiger partial charge is 0.396 e. The second kappa shape index (κ2) is 3.19. The normalized spacial score (nSPS) is 23.5. The number of hydrogen-bond donors (Lipinski definition) is 3. The van der Waals surface area contributed by atoms with Crippen LogP contribution in [-0.4, -0.2) is 22.6 Å². The minimum Gasteiger partial charge on any atom is -0.396 e. The Bertz CT molecular complexity index is 212. The van der Waals surface area contributed by atoms with E-state index < -0.39 is 6.10 Å². The van der Waals surface area contributed by atoms with Crippen LogP contribution in [-0.2, 0) is 0 Å². The van der Waals surface area contributed by atoms with E-state index in [4.69, 9.17) is 18.0 Å². The maximum Gasteiger partial charge on any atom is 0.133 e. The van der Waals surface area contributed by atoms with Crippen molar-refractivity contribution >= 4 is 17.1 Å². The van der Waals surface area contributed by atoms with Crippen LogP contribution in [0, 0.1) is 0 Å². The van der Waals surface area contributed by atoms with E-state index in [1.54, 1.807) is 0 Å². The number of aliphatic hydroxyl groups excluding tert-OH is 1. The molecular weight excluding hydrogens is 160 g/mol. The van der Waals surface area contributed by atoms with Gasteiger partial charge in [0.25, 0.3) is 0 Å². The zero-order valence-electron chi connectivity index (χ0n) is 6.42. The summed E-state index contributed by atoms with van der Waals surface area (Å²) in [4.78, 5) is 0.462. The van der Waals surface area contributed by atoms with Gasteiger partial charge in [0, 0.05) is 6.54 Å². The molecule has 0 aromatic heterocycles. The van der Waals surface area contributed by atoms with Gasteiger partial charge in [0.1, 0.15) is 6.10 Å². The van der Waals surface area contributed by atoms with Gasteiger partial charge in [0.15, 0.2) is 0 Å². The first-order valence-corrected chi connectivity index (χ1v) is 4.05. The van der Waals surface area contributed by atoms with Gasteiger partial charge in [-0.25, -0.2) is 0 Å². The third-order valence-corrected chi connectivity index (χ3v) is 2.09. The highest BCUT2D eigenvalue weighted by atomic mass is 32.1. The van der Waals surface area contributed by atoms with Crippen molar-refractivity contribution < 1.29 is 5.11 Å².